The van der Waals surface area contributed by atoms with Crippen molar-refractivity contribution in [3.63, 3.8) is 0 Å². The molecule has 1 aromatic carbocycles. The van der Waals surface area contributed by atoms with E-state index in [2.05, 4.69) is 51.7 Å². The molecule has 0 unspecified atom stereocenters. The van der Waals surface area contributed by atoms with Crippen molar-refractivity contribution in [2.24, 2.45) is 0 Å². The van der Waals surface area contributed by atoms with Gasteiger partial charge in [0.25, 0.3) is 0 Å². The molecule has 5 heteroatoms. The Hall–Kier alpha value is -2.14. The van der Waals surface area contributed by atoms with Gasteiger partial charge in [-0.1, -0.05) is 12.1 Å². The summed E-state index contributed by atoms with van der Waals surface area (Å²) in [6.07, 6.45) is 1.76. The number of nitrogens with zero attached hydrogens (tertiary/aromatic N) is 2. The van der Waals surface area contributed by atoms with Crippen LogP contribution in [0.3, 0.4) is 0 Å². The largest absolute Gasteiger partial charge is 0.380 e. The number of aryl methyl sites for hydroxylation is 2. The molecule has 0 atom stereocenters. The van der Waals surface area contributed by atoms with Crippen LogP contribution >= 0.6 is 11.3 Å². The molecular weight excluding hydrogens is 268 g/mol. The standard InChI is InChI=1S/C15H16N4S/c1-10-15(20-11(2)18-10)9-16-13-5-3-12(4-6-13)14-7-8-17-19-14/h3-8,16H,9H2,1-2H3,(H,17,19). The molecular formula is C15H16N4S. The molecule has 3 aromatic rings. The zero-order valence-corrected chi connectivity index (χ0v) is 12.3. The van der Waals surface area contributed by atoms with Gasteiger partial charge in [-0.15, -0.1) is 11.3 Å². The number of nitrogens with one attached hydrogen (secondary N) is 2. The van der Waals surface area contributed by atoms with E-state index in [9.17, 15) is 0 Å². The predicted molar refractivity (Wildman–Crippen MR) is 82.9 cm³/mol. The topological polar surface area (TPSA) is 53.6 Å². The maximum absolute atomic E-state index is 4.44. The zero-order valence-electron chi connectivity index (χ0n) is 11.5. The molecule has 0 spiro atoms. The van der Waals surface area contributed by atoms with E-state index in [-0.39, 0.29) is 0 Å². The molecule has 0 bridgehead atoms. The van der Waals surface area contributed by atoms with Crippen molar-refractivity contribution < 1.29 is 0 Å². The number of benzene rings is 1. The number of H-pyrrole nitrogens is 1. The van der Waals surface area contributed by atoms with Crippen LogP contribution in [0.4, 0.5) is 5.69 Å². The molecule has 0 radical (unpaired) electrons. The van der Waals surface area contributed by atoms with Crippen LogP contribution in [0.5, 0.6) is 0 Å². The van der Waals surface area contributed by atoms with Crippen molar-refractivity contribution in [3.8, 4) is 11.3 Å². The van der Waals surface area contributed by atoms with Crippen molar-refractivity contribution in [1.29, 1.82) is 0 Å². The summed E-state index contributed by atoms with van der Waals surface area (Å²) in [7, 11) is 0. The molecule has 20 heavy (non-hydrogen) atoms. The summed E-state index contributed by atoms with van der Waals surface area (Å²) >= 11 is 1.75. The Morgan fingerprint density at radius 1 is 1.15 bits per heavy atom. The van der Waals surface area contributed by atoms with E-state index in [0.717, 1.165) is 34.2 Å². The fourth-order valence-corrected chi connectivity index (χ4v) is 2.98. The molecule has 3 rings (SSSR count). The minimum atomic E-state index is 0.820. The summed E-state index contributed by atoms with van der Waals surface area (Å²) in [4.78, 5) is 5.73. The van der Waals surface area contributed by atoms with Gasteiger partial charge in [0.1, 0.15) is 0 Å². The molecule has 0 saturated heterocycles. The minimum Gasteiger partial charge on any atom is -0.380 e. The van der Waals surface area contributed by atoms with Crippen LogP contribution < -0.4 is 5.32 Å². The van der Waals surface area contributed by atoms with Crippen molar-refractivity contribution in [3.05, 3.63) is 52.1 Å². The van der Waals surface area contributed by atoms with Crippen LogP contribution in [0.15, 0.2) is 36.5 Å². The Morgan fingerprint density at radius 2 is 1.95 bits per heavy atom. The third-order valence-corrected chi connectivity index (χ3v) is 4.22. The summed E-state index contributed by atoms with van der Waals surface area (Å²) in [5.74, 6) is 0. The van der Waals surface area contributed by atoms with Crippen LogP contribution in [0.1, 0.15) is 15.6 Å². The second-order valence-corrected chi connectivity index (χ2v) is 5.93. The molecule has 0 aliphatic heterocycles. The molecule has 2 N–H and O–H groups in total. The number of aromatic amines is 1. The Bertz CT molecular complexity index is 683. The Labute approximate surface area is 121 Å². The average Bonchev–Trinajstić information content (AvgIpc) is 3.07. The molecule has 102 valence electrons. The SMILES string of the molecule is Cc1nc(C)c(CNc2ccc(-c3ccn[nH]3)cc2)s1. The van der Waals surface area contributed by atoms with E-state index >= 15 is 0 Å². The molecule has 2 aromatic heterocycles. The third kappa shape index (κ3) is 2.72. The number of rotatable bonds is 4. The first-order valence-electron chi connectivity index (χ1n) is 6.49. The quantitative estimate of drug-likeness (QED) is 0.767. The van der Waals surface area contributed by atoms with Crippen LogP contribution in [-0.4, -0.2) is 15.2 Å². The first-order chi connectivity index (χ1) is 9.72. The number of hydrogen-bond donors (Lipinski definition) is 2. The number of anilines is 1. The van der Waals surface area contributed by atoms with Crippen LogP contribution in [0.2, 0.25) is 0 Å². The lowest BCUT2D eigenvalue weighted by molar-refractivity contribution is 1.09. The fourth-order valence-electron chi connectivity index (χ4n) is 2.10. The Balaban J connectivity index is 1.68. The molecule has 0 aliphatic carbocycles. The van der Waals surface area contributed by atoms with Crippen LogP contribution in [-0.2, 0) is 6.54 Å². The van der Waals surface area contributed by atoms with Gasteiger partial charge in [-0.05, 0) is 37.6 Å². The number of thiazole rings is 1. The monoisotopic (exact) mass is 284 g/mol. The van der Waals surface area contributed by atoms with E-state index in [4.69, 9.17) is 0 Å². The summed E-state index contributed by atoms with van der Waals surface area (Å²) < 4.78 is 0. The average molecular weight is 284 g/mol. The molecule has 2 heterocycles. The van der Waals surface area contributed by atoms with Gasteiger partial charge < -0.3 is 5.32 Å². The third-order valence-electron chi connectivity index (χ3n) is 3.15. The van der Waals surface area contributed by atoms with E-state index < -0.39 is 0 Å². The van der Waals surface area contributed by atoms with Gasteiger partial charge in [-0.3, -0.25) is 5.10 Å². The second-order valence-electron chi connectivity index (χ2n) is 4.64. The first kappa shape index (κ1) is 12.9. The Kier molecular flexibility index (Phi) is 3.52. The lowest BCUT2D eigenvalue weighted by Gasteiger charge is -2.06. The van der Waals surface area contributed by atoms with Gasteiger partial charge >= 0.3 is 0 Å². The van der Waals surface area contributed by atoms with Gasteiger partial charge in [0.15, 0.2) is 0 Å². The van der Waals surface area contributed by atoms with Crippen molar-refractivity contribution in [1.82, 2.24) is 15.2 Å². The lowest BCUT2D eigenvalue weighted by Crippen LogP contribution is -1.98. The smallest absolute Gasteiger partial charge is 0.0900 e. The highest BCUT2D eigenvalue weighted by molar-refractivity contribution is 7.11. The first-order valence-corrected chi connectivity index (χ1v) is 7.30. The maximum Gasteiger partial charge on any atom is 0.0900 e. The summed E-state index contributed by atoms with van der Waals surface area (Å²) in [6.45, 7) is 4.92. The van der Waals surface area contributed by atoms with Crippen molar-refractivity contribution >= 4 is 17.0 Å². The van der Waals surface area contributed by atoms with E-state index in [1.54, 1.807) is 17.5 Å². The number of hydrogen-bond acceptors (Lipinski definition) is 4. The fraction of sp³-hybridized carbons (Fsp3) is 0.200. The molecule has 0 aliphatic rings. The highest BCUT2D eigenvalue weighted by atomic mass is 32.1. The highest BCUT2D eigenvalue weighted by Gasteiger charge is 2.04. The van der Waals surface area contributed by atoms with Gasteiger partial charge in [0.2, 0.25) is 0 Å². The van der Waals surface area contributed by atoms with Gasteiger partial charge in [-0.2, -0.15) is 5.10 Å². The van der Waals surface area contributed by atoms with Gasteiger partial charge in [0, 0.05) is 16.8 Å². The lowest BCUT2D eigenvalue weighted by atomic mass is 10.1. The van der Waals surface area contributed by atoms with Crippen molar-refractivity contribution in [2.45, 2.75) is 20.4 Å². The van der Waals surface area contributed by atoms with Gasteiger partial charge in [-0.25, -0.2) is 4.98 Å². The van der Waals surface area contributed by atoms with E-state index in [1.807, 2.05) is 13.0 Å². The molecule has 4 nitrogen and oxygen atoms in total. The summed E-state index contributed by atoms with van der Waals surface area (Å²) in [5, 5.41) is 11.5. The molecule has 0 saturated carbocycles. The maximum atomic E-state index is 4.44. The normalized spacial score (nSPS) is 10.7. The highest BCUT2D eigenvalue weighted by Crippen LogP contribution is 2.21. The van der Waals surface area contributed by atoms with Crippen molar-refractivity contribution in [2.75, 3.05) is 5.32 Å². The predicted octanol–water partition coefficient (Wildman–Crippen LogP) is 3.76. The van der Waals surface area contributed by atoms with E-state index in [0.29, 0.717) is 0 Å². The summed E-state index contributed by atoms with van der Waals surface area (Å²) in [5.41, 5.74) is 4.40. The minimum absolute atomic E-state index is 0.820. The second kappa shape index (κ2) is 5.46. The van der Waals surface area contributed by atoms with Gasteiger partial charge in [0.05, 0.1) is 22.9 Å². The van der Waals surface area contributed by atoms with Crippen LogP contribution in [0, 0.1) is 13.8 Å². The summed E-state index contributed by atoms with van der Waals surface area (Å²) in [6, 6.07) is 10.3. The molecule has 0 amide bonds. The molecule has 0 fully saturated rings. The van der Waals surface area contributed by atoms with Crippen LogP contribution in [0.25, 0.3) is 11.3 Å². The van der Waals surface area contributed by atoms with E-state index in [1.165, 1.54) is 4.88 Å². The zero-order chi connectivity index (χ0) is 13.9. The number of aromatic nitrogens is 3. The Morgan fingerprint density at radius 3 is 2.55 bits per heavy atom.